The molecule has 4 aromatic rings. The number of amides is 2. The smallest absolute Gasteiger partial charge is 0.324 e. The lowest BCUT2D eigenvalue weighted by Gasteiger charge is -2.18. The number of urea groups is 1. The first-order valence-corrected chi connectivity index (χ1v) is 11.1. The molecule has 2 amide bonds. The highest BCUT2D eigenvalue weighted by Gasteiger charge is 2.37. The molecule has 1 atom stereocenters. The van der Waals surface area contributed by atoms with Crippen LogP contribution in [0.2, 0.25) is 0 Å². The first-order valence-electron chi connectivity index (χ1n) is 11.1. The van der Waals surface area contributed by atoms with Crippen molar-refractivity contribution in [1.82, 2.24) is 19.4 Å². The van der Waals surface area contributed by atoms with Gasteiger partial charge in [0.25, 0.3) is 0 Å². The Morgan fingerprint density at radius 3 is 2.79 bits per heavy atom. The molecular formula is C25H23FN6O2. The predicted octanol–water partition coefficient (Wildman–Crippen LogP) is 3.90. The summed E-state index contributed by atoms with van der Waals surface area (Å²) >= 11 is 0. The lowest BCUT2D eigenvalue weighted by atomic mass is 10.0. The van der Waals surface area contributed by atoms with Gasteiger partial charge in [-0.05, 0) is 41.5 Å². The summed E-state index contributed by atoms with van der Waals surface area (Å²) in [5.41, 5.74) is 10.4. The molecule has 1 unspecified atom stereocenters. The number of likely N-dealkylation sites (N-methyl/N-ethyl adjacent to an activating group) is 1. The van der Waals surface area contributed by atoms with E-state index in [4.69, 9.17) is 10.5 Å². The number of carbonyl (C=O) groups is 1. The number of ether oxygens (including phenoxy) is 1. The van der Waals surface area contributed by atoms with Gasteiger partial charge < -0.3 is 19.9 Å². The summed E-state index contributed by atoms with van der Waals surface area (Å²) in [4.78, 5) is 24.7. The van der Waals surface area contributed by atoms with E-state index < -0.39 is 5.82 Å². The highest BCUT2D eigenvalue weighted by atomic mass is 19.1. The fourth-order valence-electron chi connectivity index (χ4n) is 4.99. The summed E-state index contributed by atoms with van der Waals surface area (Å²) in [6.07, 6.45) is 4.05. The minimum Gasteiger partial charge on any atom is -0.493 e. The van der Waals surface area contributed by atoms with Crippen LogP contribution in [0.5, 0.6) is 5.75 Å². The maximum Gasteiger partial charge on any atom is 0.324 e. The van der Waals surface area contributed by atoms with Gasteiger partial charge in [-0.2, -0.15) is 0 Å². The molecular weight excluding hydrogens is 435 g/mol. The molecule has 0 saturated carbocycles. The van der Waals surface area contributed by atoms with E-state index in [1.807, 2.05) is 19.2 Å². The van der Waals surface area contributed by atoms with Gasteiger partial charge in [0.2, 0.25) is 0 Å². The summed E-state index contributed by atoms with van der Waals surface area (Å²) < 4.78 is 22.8. The molecule has 0 radical (unpaired) electrons. The number of nitrogens with two attached hydrogens (primary N) is 1. The molecule has 172 valence electrons. The van der Waals surface area contributed by atoms with E-state index in [0.29, 0.717) is 46.8 Å². The average molecular weight is 458 g/mol. The summed E-state index contributed by atoms with van der Waals surface area (Å²) in [5.74, 6) is 0.759. The molecule has 1 saturated heterocycles. The highest BCUT2D eigenvalue weighted by molar-refractivity contribution is 6.01. The Morgan fingerprint density at radius 2 is 1.97 bits per heavy atom. The molecule has 2 N–H and O–H groups in total. The van der Waals surface area contributed by atoms with Gasteiger partial charge in [0.15, 0.2) is 0 Å². The largest absolute Gasteiger partial charge is 0.493 e. The number of nitrogen functional groups attached to an aromatic ring is 1. The number of rotatable bonds is 3. The standard InChI is InChI=1S/C25H23FN6O2/c1-30-11-18(22-23(27)28-13-29-24(22)30)17-5-4-16(10-19(17)26)32-12-20(31(2)25(32)33)14-3-6-21-15(9-14)7-8-34-21/h3-6,9-11,13,20H,7-8,12H2,1-2H3,(H2,27,28,29). The van der Waals surface area contributed by atoms with Crippen LogP contribution in [-0.4, -0.2) is 45.7 Å². The first-order chi connectivity index (χ1) is 16.4. The van der Waals surface area contributed by atoms with Crippen LogP contribution in [0, 0.1) is 5.82 Å². The van der Waals surface area contributed by atoms with Crippen molar-refractivity contribution in [3.63, 3.8) is 0 Å². The Labute approximate surface area is 195 Å². The quantitative estimate of drug-likeness (QED) is 0.503. The topological polar surface area (TPSA) is 89.5 Å². The Kier molecular flexibility index (Phi) is 4.48. The maximum absolute atomic E-state index is 15.4. The van der Waals surface area contributed by atoms with Gasteiger partial charge in [0.1, 0.15) is 29.4 Å². The second-order valence-corrected chi connectivity index (χ2v) is 8.76. The van der Waals surface area contributed by atoms with E-state index in [2.05, 4.69) is 16.0 Å². The van der Waals surface area contributed by atoms with Crippen molar-refractivity contribution >= 4 is 28.6 Å². The number of aryl methyl sites for hydroxylation is 1. The normalized spacial score (nSPS) is 17.5. The first kappa shape index (κ1) is 20.5. The summed E-state index contributed by atoms with van der Waals surface area (Å²) in [6, 6.07) is 10.6. The summed E-state index contributed by atoms with van der Waals surface area (Å²) in [5, 5.41) is 0.606. The third-order valence-corrected chi connectivity index (χ3v) is 6.79. The minimum absolute atomic E-state index is 0.129. The zero-order valence-corrected chi connectivity index (χ0v) is 18.8. The van der Waals surface area contributed by atoms with Crippen LogP contribution < -0.4 is 15.4 Å². The van der Waals surface area contributed by atoms with Crippen LogP contribution in [0.1, 0.15) is 17.2 Å². The van der Waals surface area contributed by atoms with E-state index >= 15 is 4.39 Å². The Morgan fingerprint density at radius 1 is 1.12 bits per heavy atom. The highest BCUT2D eigenvalue weighted by Crippen LogP contribution is 2.38. The van der Waals surface area contributed by atoms with Crippen molar-refractivity contribution in [2.24, 2.45) is 7.05 Å². The zero-order chi connectivity index (χ0) is 23.6. The summed E-state index contributed by atoms with van der Waals surface area (Å²) in [7, 11) is 3.61. The van der Waals surface area contributed by atoms with E-state index in [1.54, 1.807) is 39.7 Å². The Balaban J connectivity index is 1.34. The zero-order valence-electron chi connectivity index (χ0n) is 18.8. The number of hydrogen-bond acceptors (Lipinski definition) is 5. The molecule has 34 heavy (non-hydrogen) atoms. The molecule has 1 fully saturated rings. The maximum atomic E-state index is 15.4. The molecule has 2 aromatic heterocycles. The van der Waals surface area contributed by atoms with Crippen molar-refractivity contribution < 1.29 is 13.9 Å². The molecule has 0 spiro atoms. The lowest BCUT2D eigenvalue weighted by Crippen LogP contribution is -2.29. The van der Waals surface area contributed by atoms with Gasteiger partial charge in [0.05, 0.1) is 24.6 Å². The lowest BCUT2D eigenvalue weighted by molar-refractivity contribution is 0.219. The van der Waals surface area contributed by atoms with Crippen LogP contribution in [0.4, 0.5) is 20.7 Å². The molecule has 0 aliphatic carbocycles. The van der Waals surface area contributed by atoms with Gasteiger partial charge in [-0.25, -0.2) is 19.2 Å². The van der Waals surface area contributed by atoms with Crippen molar-refractivity contribution in [2.45, 2.75) is 12.5 Å². The van der Waals surface area contributed by atoms with Crippen molar-refractivity contribution in [1.29, 1.82) is 0 Å². The van der Waals surface area contributed by atoms with Crippen LogP contribution in [0.25, 0.3) is 22.2 Å². The number of carbonyl (C=O) groups excluding carboxylic acids is 1. The third-order valence-electron chi connectivity index (χ3n) is 6.79. The molecule has 2 aliphatic rings. The predicted molar refractivity (Wildman–Crippen MR) is 127 cm³/mol. The number of benzene rings is 2. The number of aromatic nitrogens is 3. The van der Waals surface area contributed by atoms with Gasteiger partial charge in [-0.3, -0.25) is 4.90 Å². The number of fused-ring (bicyclic) bond motifs is 2. The Hall–Kier alpha value is -4.14. The van der Waals surface area contributed by atoms with Crippen LogP contribution in [0.15, 0.2) is 48.9 Å². The third kappa shape index (κ3) is 3.00. The monoisotopic (exact) mass is 458 g/mol. The number of halogens is 1. The van der Waals surface area contributed by atoms with Gasteiger partial charge in [-0.15, -0.1) is 0 Å². The molecule has 6 rings (SSSR count). The number of anilines is 2. The van der Waals surface area contributed by atoms with Crippen molar-refractivity contribution in [2.75, 3.05) is 30.8 Å². The van der Waals surface area contributed by atoms with Crippen LogP contribution in [0.3, 0.4) is 0 Å². The second-order valence-electron chi connectivity index (χ2n) is 8.76. The van der Waals surface area contributed by atoms with E-state index in [-0.39, 0.29) is 12.1 Å². The van der Waals surface area contributed by atoms with E-state index in [1.165, 1.54) is 12.4 Å². The molecule has 2 aliphatic heterocycles. The fraction of sp³-hybridized carbons (Fsp3) is 0.240. The van der Waals surface area contributed by atoms with Gasteiger partial charge >= 0.3 is 6.03 Å². The molecule has 8 nitrogen and oxygen atoms in total. The van der Waals surface area contributed by atoms with Crippen LogP contribution in [-0.2, 0) is 13.5 Å². The van der Waals surface area contributed by atoms with Crippen LogP contribution >= 0.6 is 0 Å². The molecule has 0 bridgehead atoms. The van der Waals surface area contributed by atoms with Crippen molar-refractivity contribution in [3.8, 4) is 16.9 Å². The van der Waals surface area contributed by atoms with E-state index in [9.17, 15) is 4.79 Å². The Bertz CT molecular complexity index is 1470. The fourth-order valence-corrected chi connectivity index (χ4v) is 4.99. The van der Waals surface area contributed by atoms with Gasteiger partial charge in [-0.1, -0.05) is 6.07 Å². The molecule has 4 heterocycles. The molecule has 9 heteroatoms. The molecule has 2 aromatic carbocycles. The summed E-state index contributed by atoms with van der Waals surface area (Å²) in [6.45, 7) is 1.12. The minimum atomic E-state index is -0.443. The number of hydrogen-bond donors (Lipinski definition) is 1. The second kappa shape index (κ2) is 7.44. The number of nitrogens with zero attached hydrogens (tertiary/aromatic N) is 5. The van der Waals surface area contributed by atoms with E-state index in [0.717, 1.165) is 23.3 Å². The SMILES string of the molecule is CN1C(=O)N(c2ccc(-c3cn(C)c4ncnc(N)c34)c(F)c2)CC1c1ccc2c(c1)CCO2. The van der Waals surface area contributed by atoms with Gasteiger partial charge in [0, 0.05) is 43.5 Å². The van der Waals surface area contributed by atoms with Crippen molar-refractivity contribution in [3.05, 3.63) is 65.9 Å². The average Bonchev–Trinajstić information content (AvgIpc) is 3.51.